The van der Waals surface area contributed by atoms with E-state index in [-0.39, 0.29) is 16.3 Å². The molecule has 0 aliphatic carbocycles. The number of hydrazine groups is 1. The number of nitrogens with one attached hydrogen (secondary N) is 1. The number of methoxy groups -OCH3 is 2. The maximum Gasteiger partial charge on any atom is 0.295 e. The Bertz CT molecular complexity index is 1420. The molecule has 0 unspecified atom stereocenters. The maximum absolute atomic E-state index is 12.8. The summed E-state index contributed by atoms with van der Waals surface area (Å²) in [6.07, 6.45) is 0.457. The zero-order valence-electron chi connectivity index (χ0n) is 18.6. The molecular weight excluding hydrogens is 480 g/mol. The zero-order valence-corrected chi connectivity index (χ0v) is 20.2. The molecule has 1 heterocycles. The van der Waals surface area contributed by atoms with E-state index in [0.717, 1.165) is 11.1 Å². The highest BCUT2D eigenvalue weighted by Crippen LogP contribution is 2.36. The lowest BCUT2D eigenvalue weighted by Gasteiger charge is -2.30. The van der Waals surface area contributed by atoms with Gasteiger partial charge in [-0.3, -0.25) is 4.55 Å². The normalized spacial score (nSPS) is 14.4. The van der Waals surface area contributed by atoms with Crippen molar-refractivity contribution in [1.29, 1.82) is 0 Å². The summed E-state index contributed by atoms with van der Waals surface area (Å²) in [4.78, 5) is 2.51. The van der Waals surface area contributed by atoms with Crippen molar-refractivity contribution in [2.75, 3.05) is 20.8 Å². The lowest BCUT2D eigenvalue weighted by Crippen LogP contribution is -2.44. The van der Waals surface area contributed by atoms with E-state index in [2.05, 4.69) is 4.83 Å². The predicted octanol–water partition coefficient (Wildman–Crippen LogP) is 2.87. The Labute approximate surface area is 198 Å². The molecular formula is C23H24N2O7S2. The Morgan fingerprint density at radius 3 is 2.21 bits per heavy atom. The molecule has 3 aromatic carbocycles. The van der Waals surface area contributed by atoms with Gasteiger partial charge in [0.1, 0.15) is 16.4 Å². The highest BCUT2D eigenvalue weighted by molar-refractivity contribution is 7.89. The highest BCUT2D eigenvalue weighted by Gasteiger charge is 2.26. The van der Waals surface area contributed by atoms with Crippen LogP contribution in [0.1, 0.15) is 11.1 Å². The van der Waals surface area contributed by atoms with Gasteiger partial charge >= 0.3 is 0 Å². The van der Waals surface area contributed by atoms with E-state index in [0.29, 0.717) is 35.6 Å². The molecule has 11 heteroatoms. The second kappa shape index (κ2) is 9.35. The molecule has 0 saturated heterocycles. The molecule has 9 nitrogen and oxygen atoms in total. The van der Waals surface area contributed by atoms with E-state index in [1.807, 2.05) is 6.07 Å². The molecule has 1 aliphatic heterocycles. The van der Waals surface area contributed by atoms with Gasteiger partial charge in [-0.1, -0.05) is 18.2 Å². The van der Waals surface area contributed by atoms with Crippen molar-refractivity contribution in [1.82, 2.24) is 9.84 Å². The van der Waals surface area contributed by atoms with Crippen LogP contribution >= 0.6 is 0 Å². The van der Waals surface area contributed by atoms with E-state index in [1.165, 1.54) is 38.5 Å². The van der Waals surface area contributed by atoms with Gasteiger partial charge in [0.25, 0.3) is 20.1 Å². The van der Waals surface area contributed by atoms with Crippen LogP contribution in [0.4, 0.5) is 0 Å². The first-order valence-electron chi connectivity index (χ1n) is 10.3. The number of ether oxygens (including phenoxy) is 2. The average molecular weight is 505 g/mol. The Morgan fingerprint density at radius 2 is 1.56 bits per heavy atom. The van der Waals surface area contributed by atoms with Gasteiger partial charge in [-0.25, -0.2) is 13.4 Å². The molecule has 4 rings (SSSR count). The molecule has 0 aromatic heterocycles. The summed E-state index contributed by atoms with van der Waals surface area (Å²) in [5, 5.41) is 1.60. The fourth-order valence-electron chi connectivity index (χ4n) is 3.99. The van der Waals surface area contributed by atoms with Crippen LogP contribution < -0.4 is 14.3 Å². The number of hydrogen-bond donors (Lipinski definition) is 2. The minimum absolute atomic E-state index is 0.113. The molecule has 0 fully saturated rings. The summed E-state index contributed by atoms with van der Waals surface area (Å²) >= 11 is 0. The molecule has 0 amide bonds. The van der Waals surface area contributed by atoms with Gasteiger partial charge in [0.2, 0.25) is 0 Å². The second-order valence-electron chi connectivity index (χ2n) is 7.72. The largest absolute Gasteiger partial charge is 0.497 e. The number of nitrogens with zero attached hydrogens (tertiary/aromatic N) is 1. The second-order valence-corrected chi connectivity index (χ2v) is 10.8. The first-order chi connectivity index (χ1) is 16.1. The van der Waals surface area contributed by atoms with Crippen molar-refractivity contribution in [2.24, 2.45) is 0 Å². The molecule has 3 aromatic rings. The summed E-state index contributed by atoms with van der Waals surface area (Å²) in [5.41, 5.74) is 2.68. The minimum atomic E-state index is -4.47. The zero-order chi connectivity index (χ0) is 24.5. The van der Waals surface area contributed by atoms with Crippen molar-refractivity contribution < 1.29 is 30.9 Å². The Morgan fingerprint density at radius 1 is 0.882 bits per heavy atom. The highest BCUT2D eigenvalue weighted by atomic mass is 32.2. The molecule has 180 valence electrons. The number of hydrogen-bond acceptors (Lipinski definition) is 7. The van der Waals surface area contributed by atoms with E-state index >= 15 is 0 Å². The number of rotatable bonds is 7. The Hall–Kier alpha value is -2.96. The van der Waals surface area contributed by atoms with Gasteiger partial charge in [-0.15, -0.1) is 4.83 Å². The molecule has 0 atom stereocenters. The maximum atomic E-state index is 12.8. The molecule has 34 heavy (non-hydrogen) atoms. The van der Waals surface area contributed by atoms with Crippen LogP contribution in [0.2, 0.25) is 0 Å². The van der Waals surface area contributed by atoms with Gasteiger partial charge in [-0.2, -0.15) is 8.42 Å². The monoisotopic (exact) mass is 504 g/mol. The van der Waals surface area contributed by atoms with Gasteiger partial charge < -0.3 is 9.47 Å². The average Bonchev–Trinajstić information content (AvgIpc) is 2.82. The third-order valence-corrected chi connectivity index (χ3v) is 7.94. The van der Waals surface area contributed by atoms with Crippen molar-refractivity contribution in [3.63, 3.8) is 0 Å². The topological polar surface area (TPSA) is 122 Å². The Kier molecular flexibility index (Phi) is 6.65. The third-order valence-electron chi connectivity index (χ3n) is 5.64. The molecule has 2 N–H and O–H groups in total. The van der Waals surface area contributed by atoms with Crippen molar-refractivity contribution in [3.8, 4) is 22.6 Å². The lowest BCUT2D eigenvalue weighted by molar-refractivity contribution is 0.221. The van der Waals surface area contributed by atoms with Crippen molar-refractivity contribution >= 4 is 20.1 Å². The number of fused-ring (bicyclic) bond motifs is 1. The van der Waals surface area contributed by atoms with E-state index in [4.69, 9.17) is 9.47 Å². The summed E-state index contributed by atoms with van der Waals surface area (Å²) < 4.78 is 69.7. The van der Waals surface area contributed by atoms with Crippen LogP contribution in [0.3, 0.4) is 0 Å². The predicted molar refractivity (Wildman–Crippen MR) is 126 cm³/mol. The minimum Gasteiger partial charge on any atom is -0.497 e. The number of sulfonamides is 1. The van der Waals surface area contributed by atoms with Crippen molar-refractivity contribution in [2.45, 2.75) is 22.8 Å². The van der Waals surface area contributed by atoms with E-state index in [1.54, 1.807) is 35.3 Å². The van der Waals surface area contributed by atoms with Gasteiger partial charge in [0.15, 0.2) is 0 Å². The van der Waals surface area contributed by atoms with Crippen LogP contribution in [0.15, 0.2) is 70.5 Å². The molecule has 0 radical (unpaired) electrons. The number of benzene rings is 3. The molecule has 0 saturated carbocycles. The first kappa shape index (κ1) is 24.2. The summed E-state index contributed by atoms with van der Waals surface area (Å²) in [7, 11) is -5.29. The van der Waals surface area contributed by atoms with Crippen LogP contribution in [0.25, 0.3) is 11.1 Å². The fraction of sp³-hybridized carbons (Fsp3) is 0.217. The van der Waals surface area contributed by atoms with Gasteiger partial charge in [-0.05, 0) is 65.6 Å². The third kappa shape index (κ3) is 4.93. The van der Waals surface area contributed by atoms with Gasteiger partial charge in [0, 0.05) is 18.7 Å². The standard InChI is InChI=1S/C23H24N2O7S2/c1-31-17-6-9-19(10-7-17)33(26,27)24-25-13-12-20-16(15-25)4-3-5-21(20)22-14-18(32-2)8-11-23(22)34(28,29)30/h3-11,14,24H,12-13,15H2,1-2H3,(H,28,29,30). The Balaban J connectivity index is 1.65. The SMILES string of the molecule is COc1ccc(S(=O)(=O)NN2CCc3c(cccc3-c3cc(OC)ccc3S(=O)(=O)O)C2)cc1. The van der Waals surface area contributed by atoms with Crippen LogP contribution in [0.5, 0.6) is 11.5 Å². The van der Waals surface area contributed by atoms with Gasteiger partial charge in [0.05, 0.1) is 19.1 Å². The smallest absolute Gasteiger partial charge is 0.295 e. The van der Waals surface area contributed by atoms with Crippen LogP contribution in [-0.4, -0.2) is 47.2 Å². The summed E-state index contributed by atoms with van der Waals surface area (Å²) in [5.74, 6) is 1.00. The fourth-order valence-corrected chi connectivity index (χ4v) is 5.77. The molecule has 0 spiro atoms. The van der Waals surface area contributed by atoms with Crippen LogP contribution in [0, 0.1) is 0 Å². The molecule has 0 bridgehead atoms. The first-order valence-corrected chi connectivity index (χ1v) is 13.2. The summed E-state index contributed by atoms with van der Waals surface area (Å²) in [6, 6.07) is 15.8. The van der Waals surface area contributed by atoms with E-state index < -0.39 is 20.1 Å². The quantitative estimate of drug-likeness (QED) is 0.471. The van der Waals surface area contributed by atoms with Crippen LogP contribution in [-0.2, 0) is 33.1 Å². The van der Waals surface area contributed by atoms with E-state index in [9.17, 15) is 21.4 Å². The summed E-state index contributed by atoms with van der Waals surface area (Å²) in [6.45, 7) is 0.647. The van der Waals surface area contributed by atoms with Crippen molar-refractivity contribution in [3.05, 3.63) is 71.8 Å². The lowest BCUT2D eigenvalue weighted by atomic mass is 9.91. The molecule has 1 aliphatic rings.